The molecule has 1 atom stereocenters. The second-order valence-corrected chi connectivity index (χ2v) is 6.05. The minimum Gasteiger partial charge on any atom is -0.385 e. The van der Waals surface area contributed by atoms with E-state index in [1.807, 2.05) is 18.7 Å². The number of nitrogens with two attached hydrogens (primary N) is 1. The number of hydrogen-bond donors (Lipinski definition) is 1. The van der Waals surface area contributed by atoms with Gasteiger partial charge in [0.2, 0.25) is 11.8 Å². The molecule has 0 aromatic heterocycles. The zero-order valence-corrected chi connectivity index (χ0v) is 13.5. The molecule has 0 saturated carbocycles. The van der Waals surface area contributed by atoms with Crippen LogP contribution in [-0.2, 0) is 14.3 Å². The van der Waals surface area contributed by atoms with Crippen molar-refractivity contribution in [1.82, 2.24) is 9.80 Å². The topological polar surface area (TPSA) is 75.9 Å². The molecule has 0 bridgehead atoms. The Labute approximate surface area is 127 Å². The Kier molecular flexibility index (Phi) is 7.67. The molecule has 1 heterocycles. The molecule has 1 fully saturated rings. The Morgan fingerprint density at radius 1 is 1.14 bits per heavy atom. The van der Waals surface area contributed by atoms with Gasteiger partial charge >= 0.3 is 0 Å². The highest BCUT2D eigenvalue weighted by atomic mass is 16.5. The molecule has 0 aliphatic carbocycles. The molecule has 1 aliphatic heterocycles. The van der Waals surface area contributed by atoms with Gasteiger partial charge in [0, 0.05) is 46.3 Å². The van der Waals surface area contributed by atoms with Crippen LogP contribution in [0.25, 0.3) is 0 Å². The molecular weight excluding hydrogens is 270 g/mol. The van der Waals surface area contributed by atoms with Crippen LogP contribution in [0, 0.1) is 5.92 Å². The maximum Gasteiger partial charge on any atom is 0.239 e. The van der Waals surface area contributed by atoms with Crippen molar-refractivity contribution in [2.45, 2.75) is 39.2 Å². The van der Waals surface area contributed by atoms with Crippen LogP contribution in [-0.4, -0.2) is 67.6 Å². The highest BCUT2D eigenvalue weighted by Crippen LogP contribution is 2.10. The van der Waals surface area contributed by atoms with Crippen LogP contribution in [0.5, 0.6) is 0 Å². The smallest absolute Gasteiger partial charge is 0.239 e. The molecule has 2 N–H and O–H groups in total. The van der Waals surface area contributed by atoms with Gasteiger partial charge < -0.3 is 20.3 Å². The van der Waals surface area contributed by atoms with Gasteiger partial charge in [0.15, 0.2) is 0 Å². The number of rotatable bonds is 7. The van der Waals surface area contributed by atoms with Gasteiger partial charge in [0.1, 0.15) is 0 Å². The van der Waals surface area contributed by atoms with E-state index in [-0.39, 0.29) is 11.8 Å². The summed E-state index contributed by atoms with van der Waals surface area (Å²) in [6.07, 6.45) is 2.00. The molecule has 122 valence electrons. The second-order valence-electron chi connectivity index (χ2n) is 6.05. The van der Waals surface area contributed by atoms with Crippen LogP contribution >= 0.6 is 0 Å². The van der Waals surface area contributed by atoms with Crippen LogP contribution in [0.1, 0.15) is 33.1 Å². The highest BCUT2D eigenvalue weighted by molar-refractivity contribution is 5.82. The van der Waals surface area contributed by atoms with Crippen LogP contribution < -0.4 is 5.73 Å². The van der Waals surface area contributed by atoms with E-state index in [9.17, 15) is 9.59 Å². The summed E-state index contributed by atoms with van der Waals surface area (Å²) in [5.41, 5.74) is 5.92. The lowest BCUT2D eigenvalue weighted by molar-refractivity contribution is -0.140. The first-order chi connectivity index (χ1) is 9.95. The predicted octanol–water partition coefficient (Wildman–Crippen LogP) is 0.457. The standard InChI is InChI=1S/C15H29N3O3/c1-12(2)11-14(19)17-6-8-18(9-7-17)15(20)13(16)5-4-10-21-3/h12-13H,4-11,16H2,1-3H3. The minimum absolute atomic E-state index is 0.0120. The van der Waals surface area contributed by atoms with Gasteiger partial charge in [0.25, 0.3) is 0 Å². The molecule has 0 aromatic rings. The van der Waals surface area contributed by atoms with Crippen LogP contribution in [0.15, 0.2) is 0 Å². The number of hydrogen-bond acceptors (Lipinski definition) is 4. The molecule has 1 aliphatic rings. The third-order valence-electron chi connectivity index (χ3n) is 3.71. The number of methoxy groups -OCH3 is 1. The lowest BCUT2D eigenvalue weighted by Crippen LogP contribution is -2.54. The summed E-state index contributed by atoms with van der Waals surface area (Å²) in [6, 6.07) is -0.460. The molecule has 1 unspecified atom stereocenters. The van der Waals surface area contributed by atoms with Crippen LogP contribution in [0.3, 0.4) is 0 Å². The molecule has 0 spiro atoms. The van der Waals surface area contributed by atoms with E-state index in [0.29, 0.717) is 51.5 Å². The molecule has 0 aromatic carbocycles. The number of piperazine rings is 1. The molecule has 0 radical (unpaired) electrons. The lowest BCUT2D eigenvalue weighted by atomic mass is 10.1. The molecule has 2 amide bonds. The van der Waals surface area contributed by atoms with E-state index in [1.54, 1.807) is 12.0 Å². The van der Waals surface area contributed by atoms with Gasteiger partial charge in [-0.3, -0.25) is 9.59 Å². The Bertz CT molecular complexity index is 339. The molecule has 6 nitrogen and oxygen atoms in total. The number of amides is 2. The maximum atomic E-state index is 12.2. The van der Waals surface area contributed by atoms with Gasteiger partial charge in [-0.15, -0.1) is 0 Å². The Morgan fingerprint density at radius 3 is 2.24 bits per heavy atom. The van der Waals surface area contributed by atoms with E-state index in [2.05, 4.69) is 0 Å². The van der Waals surface area contributed by atoms with Crippen molar-refractivity contribution in [2.24, 2.45) is 11.7 Å². The third kappa shape index (κ3) is 6.01. The van der Waals surface area contributed by atoms with Gasteiger partial charge in [-0.25, -0.2) is 0 Å². The van der Waals surface area contributed by atoms with Crippen molar-refractivity contribution >= 4 is 11.8 Å². The monoisotopic (exact) mass is 299 g/mol. The minimum atomic E-state index is -0.460. The molecule has 21 heavy (non-hydrogen) atoms. The summed E-state index contributed by atoms with van der Waals surface area (Å²) >= 11 is 0. The average molecular weight is 299 g/mol. The lowest BCUT2D eigenvalue weighted by Gasteiger charge is -2.36. The van der Waals surface area contributed by atoms with Crippen molar-refractivity contribution in [3.05, 3.63) is 0 Å². The van der Waals surface area contributed by atoms with Crippen molar-refractivity contribution in [3.63, 3.8) is 0 Å². The van der Waals surface area contributed by atoms with Crippen molar-refractivity contribution in [1.29, 1.82) is 0 Å². The van der Waals surface area contributed by atoms with E-state index in [0.717, 1.165) is 6.42 Å². The van der Waals surface area contributed by atoms with Gasteiger partial charge in [-0.05, 0) is 18.8 Å². The fourth-order valence-electron chi connectivity index (χ4n) is 2.46. The van der Waals surface area contributed by atoms with E-state index in [4.69, 9.17) is 10.5 Å². The number of carbonyl (C=O) groups is 2. The largest absolute Gasteiger partial charge is 0.385 e. The molecular formula is C15H29N3O3. The first-order valence-electron chi connectivity index (χ1n) is 7.76. The summed E-state index contributed by atoms with van der Waals surface area (Å²) < 4.78 is 4.96. The zero-order chi connectivity index (χ0) is 15.8. The maximum absolute atomic E-state index is 12.2. The third-order valence-corrected chi connectivity index (χ3v) is 3.71. The van der Waals surface area contributed by atoms with Crippen molar-refractivity contribution in [3.8, 4) is 0 Å². The van der Waals surface area contributed by atoms with Gasteiger partial charge in [-0.1, -0.05) is 13.8 Å². The number of nitrogens with zero attached hydrogens (tertiary/aromatic N) is 2. The fourth-order valence-corrected chi connectivity index (χ4v) is 2.46. The van der Waals surface area contributed by atoms with E-state index < -0.39 is 6.04 Å². The summed E-state index contributed by atoms with van der Waals surface area (Å²) in [4.78, 5) is 27.8. The van der Waals surface area contributed by atoms with Gasteiger partial charge in [0.05, 0.1) is 6.04 Å². The number of ether oxygens (including phenoxy) is 1. The number of carbonyl (C=O) groups excluding carboxylic acids is 2. The normalized spacial score (nSPS) is 17.2. The molecule has 1 saturated heterocycles. The fraction of sp³-hybridized carbons (Fsp3) is 0.867. The molecule has 6 heteroatoms. The average Bonchev–Trinajstić information content (AvgIpc) is 2.46. The summed E-state index contributed by atoms with van der Waals surface area (Å²) in [7, 11) is 1.64. The Balaban J connectivity index is 2.34. The first-order valence-corrected chi connectivity index (χ1v) is 7.76. The van der Waals surface area contributed by atoms with Gasteiger partial charge in [-0.2, -0.15) is 0 Å². The second kappa shape index (κ2) is 9.00. The first kappa shape index (κ1) is 17.9. The van der Waals surface area contributed by atoms with Crippen LogP contribution in [0.4, 0.5) is 0 Å². The SMILES string of the molecule is COCCCC(N)C(=O)N1CCN(C(=O)CC(C)C)CC1. The van der Waals surface area contributed by atoms with Crippen LogP contribution in [0.2, 0.25) is 0 Å². The highest BCUT2D eigenvalue weighted by Gasteiger charge is 2.26. The summed E-state index contributed by atoms with van der Waals surface area (Å²) in [6.45, 7) is 7.09. The van der Waals surface area contributed by atoms with E-state index >= 15 is 0 Å². The van der Waals surface area contributed by atoms with E-state index in [1.165, 1.54) is 0 Å². The van der Waals surface area contributed by atoms with Crippen molar-refractivity contribution in [2.75, 3.05) is 39.9 Å². The zero-order valence-electron chi connectivity index (χ0n) is 13.5. The Hall–Kier alpha value is -1.14. The predicted molar refractivity (Wildman–Crippen MR) is 81.7 cm³/mol. The van der Waals surface area contributed by atoms with Crippen molar-refractivity contribution < 1.29 is 14.3 Å². The summed E-state index contributed by atoms with van der Waals surface area (Å²) in [5, 5.41) is 0. The Morgan fingerprint density at radius 2 is 1.71 bits per heavy atom. The molecule has 1 rings (SSSR count). The quantitative estimate of drug-likeness (QED) is 0.693. The summed E-state index contributed by atoms with van der Waals surface area (Å²) in [5.74, 6) is 0.537.